The highest BCUT2D eigenvalue weighted by molar-refractivity contribution is 5.16. The lowest BCUT2D eigenvalue weighted by Gasteiger charge is -1.94. The molecule has 0 N–H and O–H groups in total. The SMILES string of the molecule is Cc1cncn1-c1noc(C2CC2)n1. The molecule has 1 aliphatic carbocycles. The molecule has 3 rings (SSSR count). The van der Waals surface area contributed by atoms with Crippen LogP contribution < -0.4 is 0 Å². The zero-order chi connectivity index (χ0) is 9.54. The molecule has 0 saturated heterocycles. The van der Waals surface area contributed by atoms with Crippen molar-refractivity contribution in [1.29, 1.82) is 0 Å². The summed E-state index contributed by atoms with van der Waals surface area (Å²) in [7, 11) is 0. The molecule has 72 valence electrons. The van der Waals surface area contributed by atoms with Gasteiger partial charge < -0.3 is 4.52 Å². The molecular weight excluding hydrogens is 180 g/mol. The van der Waals surface area contributed by atoms with Crippen molar-refractivity contribution >= 4 is 0 Å². The molecule has 0 aromatic carbocycles. The molecule has 0 aliphatic heterocycles. The molecule has 0 radical (unpaired) electrons. The van der Waals surface area contributed by atoms with Gasteiger partial charge in [0.2, 0.25) is 5.89 Å². The van der Waals surface area contributed by atoms with Crippen LogP contribution in [-0.2, 0) is 0 Å². The van der Waals surface area contributed by atoms with Gasteiger partial charge in [-0.25, -0.2) is 4.98 Å². The van der Waals surface area contributed by atoms with E-state index in [2.05, 4.69) is 15.1 Å². The molecule has 0 atom stereocenters. The standard InChI is InChI=1S/C9H10N4O/c1-6-4-10-5-13(6)9-11-8(14-12-9)7-2-3-7/h4-5,7H,2-3H2,1H3. The number of aromatic nitrogens is 4. The fourth-order valence-electron chi connectivity index (χ4n) is 1.39. The van der Waals surface area contributed by atoms with Crippen molar-refractivity contribution in [3.8, 4) is 5.95 Å². The lowest BCUT2D eigenvalue weighted by atomic mass is 10.4. The Morgan fingerprint density at radius 2 is 2.36 bits per heavy atom. The zero-order valence-electron chi connectivity index (χ0n) is 7.84. The minimum Gasteiger partial charge on any atom is -0.337 e. The minimum absolute atomic E-state index is 0.500. The molecule has 0 bridgehead atoms. The van der Waals surface area contributed by atoms with E-state index in [0.29, 0.717) is 11.9 Å². The summed E-state index contributed by atoms with van der Waals surface area (Å²) in [5.74, 6) is 1.84. The molecule has 2 aromatic rings. The second-order valence-electron chi connectivity index (χ2n) is 3.61. The fourth-order valence-corrected chi connectivity index (χ4v) is 1.39. The van der Waals surface area contributed by atoms with Gasteiger partial charge in [-0.2, -0.15) is 4.98 Å². The molecule has 5 nitrogen and oxygen atoms in total. The monoisotopic (exact) mass is 190 g/mol. The van der Waals surface area contributed by atoms with Crippen LogP contribution in [0.25, 0.3) is 5.95 Å². The highest BCUT2D eigenvalue weighted by Gasteiger charge is 2.29. The van der Waals surface area contributed by atoms with Crippen LogP contribution in [0, 0.1) is 6.92 Å². The Bertz CT molecular complexity index is 455. The van der Waals surface area contributed by atoms with Gasteiger partial charge in [0.25, 0.3) is 5.95 Å². The highest BCUT2D eigenvalue weighted by atomic mass is 16.5. The largest absolute Gasteiger partial charge is 0.337 e. The van der Waals surface area contributed by atoms with Gasteiger partial charge in [-0.15, -0.1) is 0 Å². The maximum absolute atomic E-state index is 5.16. The first-order valence-corrected chi connectivity index (χ1v) is 4.67. The third kappa shape index (κ3) is 1.13. The summed E-state index contributed by atoms with van der Waals surface area (Å²) in [6.45, 7) is 1.96. The Labute approximate surface area is 80.8 Å². The summed E-state index contributed by atoms with van der Waals surface area (Å²) in [5, 5.41) is 3.92. The number of imidazole rings is 1. The first-order valence-electron chi connectivity index (χ1n) is 4.67. The molecule has 0 spiro atoms. The van der Waals surface area contributed by atoms with Crippen molar-refractivity contribution in [3.63, 3.8) is 0 Å². The van der Waals surface area contributed by atoms with Gasteiger partial charge in [0, 0.05) is 17.8 Å². The summed E-state index contributed by atoms with van der Waals surface area (Å²) in [4.78, 5) is 8.33. The van der Waals surface area contributed by atoms with E-state index < -0.39 is 0 Å². The number of nitrogens with zero attached hydrogens (tertiary/aromatic N) is 4. The molecule has 0 amide bonds. The van der Waals surface area contributed by atoms with E-state index in [4.69, 9.17) is 4.52 Å². The van der Waals surface area contributed by atoms with Crippen molar-refractivity contribution in [2.75, 3.05) is 0 Å². The van der Waals surface area contributed by atoms with Gasteiger partial charge in [0.1, 0.15) is 6.33 Å². The molecule has 1 fully saturated rings. The average molecular weight is 190 g/mol. The Balaban J connectivity index is 1.99. The van der Waals surface area contributed by atoms with Gasteiger partial charge in [0.05, 0.1) is 0 Å². The van der Waals surface area contributed by atoms with Crippen LogP contribution in [0.1, 0.15) is 30.3 Å². The molecular formula is C9H10N4O. The lowest BCUT2D eigenvalue weighted by molar-refractivity contribution is 0.377. The van der Waals surface area contributed by atoms with Crippen LogP contribution in [0.5, 0.6) is 0 Å². The topological polar surface area (TPSA) is 56.7 Å². The zero-order valence-corrected chi connectivity index (χ0v) is 7.84. The maximum atomic E-state index is 5.16. The van der Waals surface area contributed by atoms with E-state index in [1.54, 1.807) is 12.5 Å². The quantitative estimate of drug-likeness (QED) is 0.719. The highest BCUT2D eigenvalue weighted by Crippen LogP contribution is 2.39. The van der Waals surface area contributed by atoms with E-state index in [0.717, 1.165) is 11.6 Å². The first-order chi connectivity index (χ1) is 6.84. The van der Waals surface area contributed by atoms with Gasteiger partial charge in [-0.1, -0.05) is 0 Å². The summed E-state index contributed by atoms with van der Waals surface area (Å²) in [5.41, 5.74) is 1.01. The molecule has 5 heteroatoms. The van der Waals surface area contributed by atoms with E-state index >= 15 is 0 Å². The van der Waals surface area contributed by atoms with Crippen molar-refractivity contribution in [2.24, 2.45) is 0 Å². The summed E-state index contributed by atoms with van der Waals surface area (Å²) in [6, 6.07) is 0. The third-order valence-electron chi connectivity index (χ3n) is 2.40. The van der Waals surface area contributed by atoms with Crippen LogP contribution >= 0.6 is 0 Å². The van der Waals surface area contributed by atoms with Gasteiger partial charge in [-0.3, -0.25) is 4.57 Å². The maximum Gasteiger partial charge on any atom is 0.275 e. The molecule has 1 saturated carbocycles. The van der Waals surface area contributed by atoms with Crippen molar-refractivity contribution in [3.05, 3.63) is 24.1 Å². The second kappa shape index (κ2) is 2.67. The average Bonchev–Trinajstić information content (AvgIpc) is 2.75. The molecule has 2 heterocycles. The van der Waals surface area contributed by atoms with Crippen molar-refractivity contribution < 1.29 is 4.52 Å². The molecule has 0 unspecified atom stereocenters. The van der Waals surface area contributed by atoms with E-state index in [1.165, 1.54) is 12.8 Å². The van der Waals surface area contributed by atoms with Gasteiger partial charge >= 0.3 is 0 Å². The van der Waals surface area contributed by atoms with Gasteiger partial charge in [-0.05, 0) is 24.9 Å². The molecule has 2 aromatic heterocycles. The van der Waals surface area contributed by atoms with Crippen LogP contribution in [-0.4, -0.2) is 19.7 Å². The predicted octanol–water partition coefficient (Wildman–Crippen LogP) is 1.44. The smallest absolute Gasteiger partial charge is 0.275 e. The van der Waals surface area contributed by atoms with Crippen LogP contribution in [0.3, 0.4) is 0 Å². The number of aryl methyl sites for hydroxylation is 1. The number of rotatable bonds is 2. The Hall–Kier alpha value is -1.65. The van der Waals surface area contributed by atoms with Crippen LogP contribution in [0.2, 0.25) is 0 Å². The Morgan fingerprint density at radius 1 is 1.50 bits per heavy atom. The lowest BCUT2D eigenvalue weighted by Crippen LogP contribution is -1.96. The Morgan fingerprint density at radius 3 is 3.00 bits per heavy atom. The molecule has 1 aliphatic rings. The van der Waals surface area contributed by atoms with E-state index in [9.17, 15) is 0 Å². The molecule has 14 heavy (non-hydrogen) atoms. The van der Waals surface area contributed by atoms with Crippen molar-refractivity contribution in [1.82, 2.24) is 19.7 Å². The minimum atomic E-state index is 0.500. The van der Waals surface area contributed by atoms with Crippen LogP contribution in [0.15, 0.2) is 17.0 Å². The van der Waals surface area contributed by atoms with Gasteiger partial charge in [0.15, 0.2) is 0 Å². The summed E-state index contributed by atoms with van der Waals surface area (Å²) < 4.78 is 6.97. The van der Waals surface area contributed by atoms with Crippen molar-refractivity contribution in [2.45, 2.75) is 25.7 Å². The van der Waals surface area contributed by atoms with E-state index in [-0.39, 0.29) is 0 Å². The normalized spacial score (nSPS) is 16.1. The van der Waals surface area contributed by atoms with Crippen LogP contribution in [0.4, 0.5) is 0 Å². The third-order valence-corrected chi connectivity index (χ3v) is 2.40. The fraction of sp³-hybridized carbons (Fsp3) is 0.444. The van der Waals surface area contributed by atoms with E-state index in [1.807, 2.05) is 11.5 Å². The predicted molar refractivity (Wildman–Crippen MR) is 48.1 cm³/mol. The number of hydrogen-bond donors (Lipinski definition) is 0. The summed E-state index contributed by atoms with van der Waals surface area (Å²) in [6.07, 6.45) is 5.80. The second-order valence-corrected chi connectivity index (χ2v) is 3.61. The first kappa shape index (κ1) is 7.73. The number of hydrogen-bond acceptors (Lipinski definition) is 4. The Kier molecular flexibility index (Phi) is 1.47. The summed E-state index contributed by atoms with van der Waals surface area (Å²) >= 11 is 0.